The number of benzene rings is 1. The Hall–Kier alpha value is -2.93. The Balaban J connectivity index is 1.90. The molecule has 27 heavy (non-hydrogen) atoms. The predicted molar refractivity (Wildman–Crippen MR) is 99.9 cm³/mol. The van der Waals surface area contributed by atoms with Gasteiger partial charge in [0.25, 0.3) is 0 Å². The molecule has 1 aromatic heterocycles. The molecule has 1 unspecified atom stereocenters. The minimum absolute atomic E-state index is 0.0723. The van der Waals surface area contributed by atoms with Gasteiger partial charge in [0.05, 0.1) is 26.9 Å². The maximum Gasteiger partial charge on any atom is 0.222 e. The lowest BCUT2D eigenvalue weighted by atomic mass is 10.1. The summed E-state index contributed by atoms with van der Waals surface area (Å²) in [5.41, 5.74) is 1.09. The van der Waals surface area contributed by atoms with Crippen LogP contribution in [0.3, 0.4) is 0 Å². The first-order chi connectivity index (χ1) is 13.0. The lowest BCUT2D eigenvalue weighted by Crippen LogP contribution is -2.31. The number of hydrogen-bond donors (Lipinski definition) is 1. The highest BCUT2D eigenvalue weighted by Crippen LogP contribution is 2.30. The molecule has 2 rings (SSSR count). The zero-order valence-electron chi connectivity index (χ0n) is 15.7. The van der Waals surface area contributed by atoms with E-state index in [0.29, 0.717) is 22.6 Å². The largest absolute Gasteiger partial charge is 0.493 e. The molecule has 0 aliphatic carbocycles. The third-order valence-corrected chi connectivity index (χ3v) is 4.21. The van der Waals surface area contributed by atoms with Gasteiger partial charge in [0.15, 0.2) is 17.3 Å². The van der Waals surface area contributed by atoms with Gasteiger partial charge in [-0.3, -0.25) is 14.6 Å². The highest BCUT2D eigenvalue weighted by atomic mass is 16.5. The highest BCUT2D eigenvalue weighted by molar-refractivity contribution is 5.97. The number of amides is 1. The molecule has 7 nitrogen and oxygen atoms in total. The van der Waals surface area contributed by atoms with Gasteiger partial charge in [-0.1, -0.05) is 6.07 Å². The molecule has 1 aromatic carbocycles. The summed E-state index contributed by atoms with van der Waals surface area (Å²) in [5.74, 6) is 0.717. The number of carbonyl (C=O) groups is 2. The van der Waals surface area contributed by atoms with E-state index in [0.717, 1.165) is 0 Å². The first-order valence-corrected chi connectivity index (χ1v) is 8.53. The predicted octanol–water partition coefficient (Wildman–Crippen LogP) is 2.25. The monoisotopic (exact) mass is 372 g/mol. The summed E-state index contributed by atoms with van der Waals surface area (Å²) in [6.45, 7) is 0.107. The van der Waals surface area contributed by atoms with Crippen LogP contribution in [0.2, 0.25) is 0 Å². The van der Waals surface area contributed by atoms with Gasteiger partial charge >= 0.3 is 0 Å². The van der Waals surface area contributed by atoms with E-state index in [4.69, 9.17) is 9.47 Å². The number of nitrogens with zero attached hydrogens (tertiary/aromatic N) is 2. The van der Waals surface area contributed by atoms with Gasteiger partial charge in [-0.05, 0) is 29.8 Å². The van der Waals surface area contributed by atoms with E-state index in [1.54, 1.807) is 43.6 Å². The van der Waals surface area contributed by atoms with E-state index in [-0.39, 0.29) is 31.1 Å². The van der Waals surface area contributed by atoms with Crippen LogP contribution in [0, 0.1) is 0 Å². The molecule has 0 bridgehead atoms. The molecule has 1 N–H and O–H groups in total. The SMILES string of the molecule is COc1ccc(C(O)CN(C)C(=O)CCC(=O)c2cccnc2)cc1OC. The molecule has 0 radical (unpaired) electrons. The molecule has 0 aliphatic rings. The van der Waals surface area contributed by atoms with Crippen LogP contribution in [-0.4, -0.2) is 54.5 Å². The summed E-state index contributed by atoms with van der Waals surface area (Å²) in [5, 5.41) is 10.4. The van der Waals surface area contributed by atoms with Crippen LogP contribution < -0.4 is 9.47 Å². The van der Waals surface area contributed by atoms with Crippen LogP contribution in [0.4, 0.5) is 0 Å². The van der Waals surface area contributed by atoms with E-state index in [1.807, 2.05) is 0 Å². The number of carbonyl (C=O) groups excluding carboxylic acids is 2. The van der Waals surface area contributed by atoms with Gasteiger partial charge in [0.2, 0.25) is 5.91 Å². The lowest BCUT2D eigenvalue weighted by Gasteiger charge is -2.21. The van der Waals surface area contributed by atoms with Crippen LogP contribution in [0.25, 0.3) is 0 Å². The molecule has 1 atom stereocenters. The van der Waals surface area contributed by atoms with E-state index >= 15 is 0 Å². The Kier molecular flexibility index (Phi) is 7.31. The summed E-state index contributed by atoms with van der Waals surface area (Å²) < 4.78 is 10.4. The molecule has 144 valence electrons. The maximum absolute atomic E-state index is 12.3. The Bertz CT molecular complexity index is 779. The molecule has 0 fully saturated rings. The first kappa shape index (κ1) is 20.4. The number of aliphatic hydroxyl groups is 1. The summed E-state index contributed by atoms with van der Waals surface area (Å²) in [6.07, 6.45) is 2.36. The Morgan fingerprint density at radius 2 is 1.89 bits per heavy atom. The van der Waals surface area contributed by atoms with Crippen LogP contribution in [-0.2, 0) is 4.79 Å². The minimum Gasteiger partial charge on any atom is -0.493 e. The third kappa shape index (κ3) is 5.52. The molecule has 2 aromatic rings. The van der Waals surface area contributed by atoms with Gasteiger partial charge in [0, 0.05) is 37.8 Å². The van der Waals surface area contributed by atoms with Crippen LogP contribution in [0.1, 0.15) is 34.9 Å². The average Bonchev–Trinajstić information content (AvgIpc) is 2.71. The molecular formula is C20H24N2O5. The van der Waals surface area contributed by atoms with Crippen LogP contribution >= 0.6 is 0 Å². The van der Waals surface area contributed by atoms with Gasteiger partial charge in [-0.2, -0.15) is 0 Å². The second-order valence-corrected chi connectivity index (χ2v) is 6.07. The number of ether oxygens (including phenoxy) is 2. The van der Waals surface area contributed by atoms with E-state index in [2.05, 4.69) is 4.98 Å². The fourth-order valence-corrected chi connectivity index (χ4v) is 2.61. The number of rotatable bonds is 9. The first-order valence-electron chi connectivity index (χ1n) is 8.53. The molecule has 0 spiro atoms. The van der Waals surface area contributed by atoms with Gasteiger partial charge in [0.1, 0.15) is 0 Å². The quantitative estimate of drug-likeness (QED) is 0.679. The van der Waals surface area contributed by atoms with Crippen LogP contribution in [0.5, 0.6) is 11.5 Å². The van der Waals surface area contributed by atoms with Crippen molar-refractivity contribution >= 4 is 11.7 Å². The number of ketones is 1. The fourth-order valence-electron chi connectivity index (χ4n) is 2.61. The van der Waals surface area contributed by atoms with E-state index in [9.17, 15) is 14.7 Å². The van der Waals surface area contributed by atoms with Crippen molar-refractivity contribution in [2.24, 2.45) is 0 Å². The molecule has 0 saturated heterocycles. The molecule has 0 saturated carbocycles. The third-order valence-electron chi connectivity index (χ3n) is 4.21. The standard InChI is InChI=1S/C20H24N2O5/c1-22(20(25)9-7-16(23)15-5-4-10-21-12-15)13-17(24)14-6-8-18(26-2)19(11-14)27-3/h4-6,8,10-12,17,24H,7,9,13H2,1-3H3. The lowest BCUT2D eigenvalue weighted by molar-refractivity contribution is -0.131. The van der Waals surface area contributed by atoms with E-state index in [1.165, 1.54) is 25.3 Å². The Morgan fingerprint density at radius 3 is 2.52 bits per heavy atom. The maximum atomic E-state index is 12.3. The smallest absolute Gasteiger partial charge is 0.222 e. The van der Waals surface area contributed by atoms with Crippen molar-refractivity contribution in [3.8, 4) is 11.5 Å². The topological polar surface area (TPSA) is 89.0 Å². The molecule has 0 aliphatic heterocycles. The number of Topliss-reactive ketones (excluding diaryl/α,β-unsaturated/α-hetero) is 1. The number of aromatic nitrogens is 1. The number of hydrogen-bond acceptors (Lipinski definition) is 6. The second-order valence-electron chi connectivity index (χ2n) is 6.07. The normalized spacial score (nSPS) is 11.6. The van der Waals surface area contributed by atoms with Gasteiger partial charge in [-0.15, -0.1) is 0 Å². The second kappa shape index (κ2) is 9.68. The Labute approximate surface area is 158 Å². The number of likely N-dealkylation sites (N-methyl/N-ethyl adjacent to an activating group) is 1. The number of aliphatic hydroxyl groups excluding tert-OH is 1. The van der Waals surface area contributed by atoms with Crippen molar-refractivity contribution in [1.82, 2.24) is 9.88 Å². The van der Waals surface area contributed by atoms with Crippen LogP contribution in [0.15, 0.2) is 42.7 Å². The molecular weight excluding hydrogens is 348 g/mol. The van der Waals surface area contributed by atoms with Crippen molar-refractivity contribution in [2.45, 2.75) is 18.9 Å². The number of methoxy groups -OCH3 is 2. The summed E-state index contributed by atoms with van der Waals surface area (Å²) >= 11 is 0. The summed E-state index contributed by atoms with van der Waals surface area (Å²) in [4.78, 5) is 29.6. The fraction of sp³-hybridized carbons (Fsp3) is 0.350. The zero-order valence-corrected chi connectivity index (χ0v) is 15.7. The van der Waals surface area contributed by atoms with Gasteiger partial charge < -0.3 is 19.5 Å². The summed E-state index contributed by atoms with van der Waals surface area (Å²) in [7, 11) is 4.65. The zero-order chi connectivity index (χ0) is 19.8. The van der Waals surface area contributed by atoms with Crippen molar-refractivity contribution < 1.29 is 24.2 Å². The highest BCUT2D eigenvalue weighted by Gasteiger charge is 2.18. The minimum atomic E-state index is -0.882. The molecule has 1 heterocycles. The van der Waals surface area contributed by atoms with Crippen molar-refractivity contribution in [3.63, 3.8) is 0 Å². The molecule has 7 heteroatoms. The number of pyridine rings is 1. The van der Waals surface area contributed by atoms with Crippen molar-refractivity contribution in [3.05, 3.63) is 53.9 Å². The molecule has 1 amide bonds. The Morgan fingerprint density at radius 1 is 1.15 bits per heavy atom. The van der Waals surface area contributed by atoms with Crippen molar-refractivity contribution in [2.75, 3.05) is 27.8 Å². The van der Waals surface area contributed by atoms with Gasteiger partial charge in [-0.25, -0.2) is 0 Å². The van der Waals surface area contributed by atoms with E-state index < -0.39 is 6.10 Å². The average molecular weight is 372 g/mol. The van der Waals surface area contributed by atoms with Crippen molar-refractivity contribution in [1.29, 1.82) is 0 Å². The summed E-state index contributed by atoms with van der Waals surface area (Å²) in [6, 6.07) is 8.45.